The zero-order valence-electron chi connectivity index (χ0n) is 13.4. The van der Waals surface area contributed by atoms with Gasteiger partial charge in [0.25, 0.3) is 5.91 Å². The van der Waals surface area contributed by atoms with E-state index in [1.807, 2.05) is 32.0 Å². The number of nitrogens with one attached hydrogen (secondary N) is 1. The molecule has 0 atom stereocenters. The third kappa shape index (κ3) is 3.25. The first-order valence-electron chi connectivity index (χ1n) is 7.64. The molecule has 0 saturated heterocycles. The molecular weight excluding hydrogens is 345 g/mol. The standard InChI is InChI=1S/C18H17Cl2N3O/c1-11(2)23(10-12-4-3-7-21-9-12)18(24)17-16(20)14-8-13(19)5-6-15(14)22-17/h3-9,11,22H,10H2,1-2H3. The monoisotopic (exact) mass is 361 g/mol. The van der Waals surface area contributed by atoms with E-state index in [-0.39, 0.29) is 11.9 Å². The van der Waals surface area contributed by atoms with Crippen molar-refractivity contribution in [3.05, 3.63) is 64.0 Å². The Hall–Kier alpha value is -2.04. The topological polar surface area (TPSA) is 49.0 Å². The quantitative estimate of drug-likeness (QED) is 0.716. The molecule has 1 N–H and O–H groups in total. The van der Waals surface area contributed by atoms with Gasteiger partial charge in [0.1, 0.15) is 5.69 Å². The highest BCUT2D eigenvalue weighted by Crippen LogP contribution is 2.31. The van der Waals surface area contributed by atoms with Crippen LogP contribution in [0.5, 0.6) is 0 Å². The second kappa shape index (κ2) is 6.83. The Morgan fingerprint density at radius 1 is 1.29 bits per heavy atom. The van der Waals surface area contributed by atoms with Gasteiger partial charge in [-0.3, -0.25) is 9.78 Å². The van der Waals surface area contributed by atoms with E-state index in [0.29, 0.717) is 22.3 Å². The number of carbonyl (C=O) groups is 1. The molecule has 0 bridgehead atoms. The van der Waals surface area contributed by atoms with Crippen LogP contribution in [-0.2, 0) is 6.54 Å². The second-order valence-electron chi connectivity index (χ2n) is 5.89. The Labute approximate surface area is 150 Å². The maximum atomic E-state index is 13.0. The number of aromatic nitrogens is 2. The fraction of sp³-hybridized carbons (Fsp3) is 0.222. The van der Waals surface area contributed by atoms with E-state index in [1.165, 1.54) is 0 Å². The van der Waals surface area contributed by atoms with Crippen LogP contribution in [0.4, 0.5) is 0 Å². The summed E-state index contributed by atoms with van der Waals surface area (Å²) in [5.41, 5.74) is 2.14. The summed E-state index contributed by atoms with van der Waals surface area (Å²) in [5.74, 6) is -0.147. The zero-order valence-corrected chi connectivity index (χ0v) is 14.9. The van der Waals surface area contributed by atoms with Gasteiger partial charge in [0, 0.05) is 40.9 Å². The van der Waals surface area contributed by atoms with Crippen molar-refractivity contribution in [2.45, 2.75) is 26.4 Å². The number of benzene rings is 1. The predicted octanol–water partition coefficient (Wildman–Crippen LogP) is 4.92. The van der Waals surface area contributed by atoms with Crippen molar-refractivity contribution in [3.63, 3.8) is 0 Å². The molecule has 24 heavy (non-hydrogen) atoms. The number of carbonyl (C=O) groups excluding carboxylic acids is 1. The minimum Gasteiger partial charge on any atom is -0.349 e. The number of nitrogens with zero attached hydrogens (tertiary/aromatic N) is 2. The van der Waals surface area contributed by atoms with Gasteiger partial charge in [-0.25, -0.2) is 0 Å². The summed E-state index contributed by atoms with van der Waals surface area (Å²) in [5, 5.41) is 1.73. The molecule has 0 spiro atoms. The van der Waals surface area contributed by atoms with Crippen LogP contribution in [0, 0.1) is 0 Å². The minimum atomic E-state index is -0.147. The van der Waals surface area contributed by atoms with Gasteiger partial charge in [0.15, 0.2) is 0 Å². The third-order valence-corrected chi connectivity index (χ3v) is 4.50. The number of pyridine rings is 1. The summed E-state index contributed by atoms with van der Waals surface area (Å²) >= 11 is 12.5. The highest BCUT2D eigenvalue weighted by molar-refractivity contribution is 6.39. The van der Waals surface area contributed by atoms with Gasteiger partial charge in [-0.2, -0.15) is 0 Å². The zero-order chi connectivity index (χ0) is 17.3. The molecule has 0 radical (unpaired) electrons. The van der Waals surface area contributed by atoms with Crippen molar-refractivity contribution < 1.29 is 4.79 Å². The summed E-state index contributed by atoms with van der Waals surface area (Å²) in [6, 6.07) is 9.16. The van der Waals surface area contributed by atoms with Gasteiger partial charge in [0.2, 0.25) is 0 Å². The van der Waals surface area contributed by atoms with Crippen molar-refractivity contribution in [2.75, 3.05) is 0 Å². The first-order chi connectivity index (χ1) is 11.5. The van der Waals surface area contributed by atoms with E-state index in [9.17, 15) is 4.79 Å². The van der Waals surface area contributed by atoms with E-state index in [1.54, 1.807) is 29.4 Å². The number of aromatic amines is 1. The fourth-order valence-corrected chi connectivity index (χ4v) is 3.06. The molecule has 0 aliphatic heterocycles. The molecule has 2 heterocycles. The lowest BCUT2D eigenvalue weighted by Gasteiger charge is -2.26. The molecule has 124 valence electrons. The van der Waals surface area contributed by atoms with E-state index in [0.717, 1.165) is 16.5 Å². The first-order valence-corrected chi connectivity index (χ1v) is 8.39. The molecule has 0 saturated carbocycles. The van der Waals surface area contributed by atoms with Crippen LogP contribution in [0.15, 0.2) is 42.7 Å². The van der Waals surface area contributed by atoms with Crippen LogP contribution in [-0.4, -0.2) is 26.8 Å². The summed E-state index contributed by atoms with van der Waals surface area (Å²) in [6.45, 7) is 4.42. The number of amides is 1. The number of H-pyrrole nitrogens is 1. The maximum absolute atomic E-state index is 13.0. The van der Waals surface area contributed by atoms with E-state index < -0.39 is 0 Å². The molecule has 0 fully saturated rings. The average Bonchev–Trinajstić information content (AvgIpc) is 2.89. The Morgan fingerprint density at radius 3 is 2.75 bits per heavy atom. The van der Waals surface area contributed by atoms with Crippen LogP contribution in [0.3, 0.4) is 0 Å². The summed E-state index contributed by atoms with van der Waals surface area (Å²) in [6.07, 6.45) is 3.47. The van der Waals surface area contributed by atoms with E-state index >= 15 is 0 Å². The number of hydrogen-bond donors (Lipinski definition) is 1. The summed E-state index contributed by atoms with van der Waals surface area (Å²) in [7, 11) is 0. The van der Waals surface area contributed by atoms with Gasteiger partial charge in [0.05, 0.1) is 5.02 Å². The van der Waals surface area contributed by atoms with E-state index in [4.69, 9.17) is 23.2 Å². The number of halogens is 2. The van der Waals surface area contributed by atoms with Crippen molar-refractivity contribution in [1.29, 1.82) is 0 Å². The Kier molecular flexibility index (Phi) is 4.78. The molecule has 0 aliphatic rings. The average molecular weight is 362 g/mol. The van der Waals surface area contributed by atoms with Crippen LogP contribution in [0.1, 0.15) is 29.9 Å². The number of hydrogen-bond acceptors (Lipinski definition) is 2. The second-order valence-corrected chi connectivity index (χ2v) is 6.71. The lowest BCUT2D eigenvalue weighted by Crippen LogP contribution is -2.36. The highest BCUT2D eigenvalue weighted by atomic mass is 35.5. The maximum Gasteiger partial charge on any atom is 0.272 e. The SMILES string of the molecule is CC(C)N(Cc1cccnc1)C(=O)c1[nH]c2ccc(Cl)cc2c1Cl. The smallest absolute Gasteiger partial charge is 0.272 e. The van der Waals surface area contributed by atoms with Crippen molar-refractivity contribution in [1.82, 2.24) is 14.9 Å². The van der Waals surface area contributed by atoms with Crippen molar-refractivity contribution in [2.24, 2.45) is 0 Å². The molecular formula is C18H17Cl2N3O. The lowest BCUT2D eigenvalue weighted by atomic mass is 10.2. The van der Waals surface area contributed by atoms with Gasteiger partial charge in [-0.1, -0.05) is 29.3 Å². The Bertz CT molecular complexity index is 875. The summed E-state index contributed by atoms with van der Waals surface area (Å²) in [4.78, 5) is 22.0. The molecule has 3 aromatic rings. The fourth-order valence-electron chi connectivity index (χ4n) is 2.60. The van der Waals surface area contributed by atoms with Crippen LogP contribution < -0.4 is 0 Å². The molecule has 0 unspecified atom stereocenters. The van der Waals surface area contributed by atoms with Crippen molar-refractivity contribution in [3.8, 4) is 0 Å². The van der Waals surface area contributed by atoms with Gasteiger partial charge in [-0.15, -0.1) is 0 Å². The number of rotatable bonds is 4. The molecule has 1 aromatic carbocycles. The Morgan fingerprint density at radius 2 is 2.08 bits per heavy atom. The molecule has 0 aliphatic carbocycles. The molecule has 3 rings (SSSR count). The molecule has 1 amide bonds. The van der Waals surface area contributed by atoms with Gasteiger partial charge in [-0.05, 0) is 43.7 Å². The Balaban J connectivity index is 1.97. The molecule has 6 heteroatoms. The van der Waals surface area contributed by atoms with E-state index in [2.05, 4.69) is 9.97 Å². The predicted molar refractivity (Wildman–Crippen MR) is 97.6 cm³/mol. The van der Waals surface area contributed by atoms with Crippen molar-refractivity contribution >= 4 is 40.0 Å². The van der Waals surface area contributed by atoms with Crippen LogP contribution in [0.2, 0.25) is 10.0 Å². The summed E-state index contributed by atoms with van der Waals surface area (Å²) < 4.78 is 0. The largest absolute Gasteiger partial charge is 0.349 e. The van der Waals surface area contributed by atoms with Crippen LogP contribution >= 0.6 is 23.2 Å². The molecule has 2 aromatic heterocycles. The van der Waals surface area contributed by atoms with Gasteiger partial charge >= 0.3 is 0 Å². The number of fused-ring (bicyclic) bond motifs is 1. The molecule has 4 nitrogen and oxygen atoms in total. The first kappa shape index (κ1) is 16.8. The normalized spacial score (nSPS) is 11.2. The minimum absolute atomic E-state index is 0.0174. The third-order valence-electron chi connectivity index (χ3n) is 3.87. The highest BCUT2D eigenvalue weighted by Gasteiger charge is 2.24. The lowest BCUT2D eigenvalue weighted by molar-refractivity contribution is 0.0685. The van der Waals surface area contributed by atoms with Gasteiger partial charge < -0.3 is 9.88 Å². The van der Waals surface area contributed by atoms with Crippen LogP contribution in [0.25, 0.3) is 10.9 Å².